The molecule has 0 saturated carbocycles. The minimum atomic E-state index is -1.04. The maximum Gasteiger partial charge on any atom is 0.301 e. The Kier molecular flexibility index (Phi) is 7.78. The average Bonchev–Trinajstić information content (AvgIpc) is 3.46. The number of rotatable bonds is 8. The van der Waals surface area contributed by atoms with Gasteiger partial charge >= 0.3 is 5.91 Å². The fraction of sp³-hybridized carbons (Fsp3) is 0.233. The lowest BCUT2D eigenvalue weighted by Crippen LogP contribution is -2.29. The lowest BCUT2D eigenvalue weighted by Gasteiger charge is -2.24. The zero-order valence-corrected chi connectivity index (χ0v) is 23.6. The summed E-state index contributed by atoms with van der Waals surface area (Å²) in [5, 5.41) is 12.1. The van der Waals surface area contributed by atoms with Gasteiger partial charge in [-0.2, -0.15) is 0 Å². The summed E-state index contributed by atoms with van der Waals surface area (Å²) in [5.74, 6) is -1.29. The second kappa shape index (κ2) is 11.3. The smallest absolute Gasteiger partial charge is 0.301 e. The predicted molar refractivity (Wildman–Crippen MR) is 154 cm³/mol. The number of aliphatic hydroxyl groups excluding tert-OH is 1. The number of benzene rings is 3. The topological polar surface area (TPSA) is 89.0 Å². The van der Waals surface area contributed by atoms with Gasteiger partial charge in [0.25, 0.3) is 5.78 Å². The molecule has 0 bridgehead atoms. The number of ketones is 1. The molecular weight excluding hydrogens is 555 g/mol. The van der Waals surface area contributed by atoms with Crippen molar-refractivity contribution in [1.82, 2.24) is 4.98 Å². The van der Waals surface area contributed by atoms with Gasteiger partial charge in [-0.05, 0) is 72.5 Å². The molecule has 0 spiro atoms. The van der Waals surface area contributed by atoms with Crippen LogP contribution in [0, 0.1) is 11.7 Å². The number of halogens is 2. The predicted octanol–water partition coefficient (Wildman–Crippen LogP) is 7.15. The van der Waals surface area contributed by atoms with Gasteiger partial charge < -0.3 is 14.6 Å². The molecule has 3 aromatic carbocycles. The maximum atomic E-state index is 13.6. The summed E-state index contributed by atoms with van der Waals surface area (Å²) in [7, 11) is 1.50. The van der Waals surface area contributed by atoms with Crippen LogP contribution in [0.3, 0.4) is 0 Å². The number of thiazole rings is 1. The van der Waals surface area contributed by atoms with Crippen LogP contribution in [0.5, 0.6) is 11.5 Å². The number of anilines is 1. The zero-order chi connectivity index (χ0) is 28.6. The number of ether oxygens (including phenoxy) is 2. The zero-order valence-electron chi connectivity index (χ0n) is 22.0. The molecule has 1 N–H and O–H groups in total. The third-order valence-electron chi connectivity index (χ3n) is 6.56. The highest BCUT2D eigenvalue weighted by Gasteiger charge is 2.48. The lowest BCUT2D eigenvalue weighted by atomic mass is 9.95. The molecule has 10 heteroatoms. The Morgan fingerprint density at radius 3 is 2.55 bits per heavy atom. The number of amides is 1. The molecule has 1 aliphatic rings. The van der Waals surface area contributed by atoms with Crippen molar-refractivity contribution in [2.75, 3.05) is 18.6 Å². The highest BCUT2D eigenvalue weighted by molar-refractivity contribution is 7.22. The Balaban J connectivity index is 1.66. The van der Waals surface area contributed by atoms with Crippen molar-refractivity contribution in [2.24, 2.45) is 5.92 Å². The van der Waals surface area contributed by atoms with Gasteiger partial charge in [-0.1, -0.05) is 42.9 Å². The first-order chi connectivity index (χ1) is 19.2. The number of Topliss-reactive ketones (excluding diaryl/α,β-unsaturated/α-hetero) is 1. The standard InChI is InChI=1S/C30H26ClFN2O5S/c1-16(2)12-13-39-22-11-6-18(14-23(22)38-3)26-25(27(35)17-4-8-20(32)9-5-17)28(36)29(37)34(26)30-33-21-10-7-19(31)15-24(21)40-30/h4-11,14-16,26,35H,12-13H2,1-3H3/b27-25+. The summed E-state index contributed by atoms with van der Waals surface area (Å²) in [4.78, 5) is 32.8. The molecule has 0 aliphatic carbocycles. The van der Waals surface area contributed by atoms with E-state index in [0.29, 0.717) is 40.1 Å². The van der Waals surface area contributed by atoms with Gasteiger partial charge in [0.05, 0.1) is 35.5 Å². The highest BCUT2D eigenvalue weighted by atomic mass is 35.5. The first-order valence-electron chi connectivity index (χ1n) is 12.6. The Hall–Kier alpha value is -3.95. The lowest BCUT2D eigenvalue weighted by molar-refractivity contribution is -0.132. The fourth-order valence-electron chi connectivity index (χ4n) is 4.48. The minimum Gasteiger partial charge on any atom is -0.507 e. The van der Waals surface area contributed by atoms with Gasteiger partial charge in [0, 0.05) is 10.6 Å². The SMILES string of the molecule is COc1cc(C2/C(=C(\O)c3ccc(F)cc3)C(=O)C(=O)N2c2nc3ccc(Cl)cc3s2)ccc1OCCC(C)C. The third-order valence-corrected chi connectivity index (χ3v) is 7.82. The van der Waals surface area contributed by atoms with Crippen LogP contribution in [0.25, 0.3) is 16.0 Å². The van der Waals surface area contributed by atoms with Crippen LogP contribution in [0.2, 0.25) is 5.02 Å². The van der Waals surface area contributed by atoms with E-state index in [4.69, 9.17) is 21.1 Å². The van der Waals surface area contributed by atoms with Gasteiger partial charge in [-0.25, -0.2) is 9.37 Å². The van der Waals surface area contributed by atoms with Gasteiger partial charge in [0.15, 0.2) is 16.6 Å². The van der Waals surface area contributed by atoms with Crippen LogP contribution < -0.4 is 14.4 Å². The van der Waals surface area contributed by atoms with Gasteiger partial charge in [0.2, 0.25) is 0 Å². The van der Waals surface area contributed by atoms with E-state index in [0.717, 1.165) is 11.1 Å². The summed E-state index contributed by atoms with van der Waals surface area (Å²) in [6.45, 7) is 4.69. The number of hydrogen-bond acceptors (Lipinski definition) is 7. The van der Waals surface area contributed by atoms with E-state index in [1.165, 1.54) is 47.6 Å². The van der Waals surface area contributed by atoms with Gasteiger partial charge in [-0.3, -0.25) is 14.5 Å². The van der Waals surface area contributed by atoms with E-state index in [9.17, 15) is 19.1 Å². The van der Waals surface area contributed by atoms with Crippen molar-refractivity contribution in [1.29, 1.82) is 0 Å². The van der Waals surface area contributed by atoms with Crippen LogP contribution in [-0.2, 0) is 9.59 Å². The molecule has 206 valence electrons. The quantitative estimate of drug-likeness (QED) is 0.135. The van der Waals surface area contributed by atoms with E-state index < -0.39 is 29.3 Å². The monoisotopic (exact) mass is 580 g/mol. The van der Waals surface area contributed by atoms with E-state index in [1.807, 2.05) is 0 Å². The number of aliphatic hydroxyl groups is 1. The minimum absolute atomic E-state index is 0.149. The first-order valence-corrected chi connectivity index (χ1v) is 13.8. The van der Waals surface area contributed by atoms with Crippen molar-refractivity contribution in [3.63, 3.8) is 0 Å². The number of fused-ring (bicyclic) bond motifs is 1. The summed E-state index contributed by atoms with van der Waals surface area (Å²) in [6, 6.07) is 14.3. The molecule has 1 fully saturated rings. The van der Waals surface area contributed by atoms with E-state index in [1.54, 1.807) is 36.4 Å². The first kappa shape index (κ1) is 27.6. The summed E-state index contributed by atoms with van der Waals surface area (Å²) in [6.07, 6.45) is 0.852. The Morgan fingerprint density at radius 2 is 1.85 bits per heavy atom. The van der Waals surface area contributed by atoms with E-state index >= 15 is 0 Å². The van der Waals surface area contributed by atoms with Crippen molar-refractivity contribution in [3.8, 4) is 11.5 Å². The van der Waals surface area contributed by atoms with E-state index in [-0.39, 0.29) is 16.3 Å². The molecule has 1 unspecified atom stereocenters. The Labute approximate surface area is 239 Å². The molecule has 40 heavy (non-hydrogen) atoms. The molecule has 1 aliphatic heterocycles. The second-order valence-electron chi connectivity index (χ2n) is 9.73. The maximum absolute atomic E-state index is 13.6. The molecular formula is C30H26ClFN2O5S. The number of methoxy groups -OCH3 is 1. The number of carbonyl (C=O) groups is 2. The van der Waals surface area contributed by atoms with Crippen LogP contribution in [0.15, 0.2) is 66.2 Å². The van der Waals surface area contributed by atoms with Crippen molar-refractivity contribution >= 4 is 55.7 Å². The Morgan fingerprint density at radius 1 is 1.10 bits per heavy atom. The van der Waals surface area contributed by atoms with Crippen LogP contribution >= 0.6 is 22.9 Å². The average molecular weight is 581 g/mol. The van der Waals surface area contributed by atoms with Gasteiger partial charge in [-0.15, -0.1) is 0 Å². The second-order valence-corrected chi connectivity index (χ2v) is 11.2. The van der Waals surface area contributed by atoms with Crippen molar-refractivity contribution < 1.29 is 28.6 Å². The molecule has 4 aromatic rings. The number of aromatic nitrogens is 1. The largest absolute Gasteiger partial charge is 0.507 e. The van der Waals surface area contributed by atoms with Crippen molar-refractivity contribution in [3.05, 3.63) is 88.2 Å². The molecule has 5 rings (SSSR count). The summed E-state index contributed by atoms with van der Waals surface area (Å²) >= 11 is 7.36. The molecule has 1 atom stereocenters. The van der Waals surface area contributed by atoms with Crippen LogP contribution in [-0.4, -0.2) is 35.5 Å². The van der Waals surface area contributed by atoms with Gasteiger partial charge in [0.1, 0.15) is 11.6 Å². The molecule has 7 nitrogen and oxygen atoms in total. The number of hydrogen-bond donors (Lipinski definition) is 1. The summed E-state index contributed by atoms with van der Waals surface area (Å²) < 4.78 is 25.9. The molecule has 1 amide bonds. The fourth-order valence-corrected chi connectivity index (χ4v) is 5.74. The summed E-state index contributed by atoms with van der Waals surface area (Å²) in [5.41, 5.74) is 1.15. The highest BCUT2D eigenvalue weighted by Crippen LogP contribution is 2.46. The molecule has 0 radical (unpaired) electrons. The normalized spacial score (nSPS) is 16.8. The molecule has 1 aromatic heterocycles. The van der Waals surface area contributed by atoms with Crippen LogP contribution in [0.4, 0.5) is 9.52 Å². The van der Waals surface area contributed by atoms with Crippen LogP contribution in [0.1, 0.15) is 37.4 Å². The molecule has 1 saturated heterocycles. The van der Waals surface area contributed by atoms with Crippen molar-refractivity contribution in [2.45, 2.75) is 26.3 Å². The van der Waals surface area contributed by atoms with E-state index in [2.05, 4.69) is 18.8 Å². The number of nitrogens with zero attached hydrogens (tertiary/aromatic N) is 2. The molecule has 2 heterocycles. The third kappa shape index (κ3) is 5.26. The number of carbonyl (C=O) groups excluding carboxylic acids is 2. The Bertz CT molecular complexity index is 1630.